The van der Waals surface area contributed by atoms with E-state index < -0.39 is 23.5 Å². The van der Waals surface area contributed by atoms with Gasteiger partial charge < -0.3 is 10.6 Å². The number of aromatic nitrogens is 1. The van der Waals surface area contributed by atoms with Gasteiger partial charge in [-0.15, -0.1) is 0 Å². The van der Waals surface area contributed by atoms with E-state index in [-0.39, 0.29) is 13.1 Å². The Morgan fingerprint density at radius 2 is 1.00 bits per heavy atom. The number of nitrogens with zero attached hydrogens (tertiary/aromatic N) is 1. The van der Waals surface area contributed by atoms with E-state index in [1.165, 1.54) is 24.3 Å². The first-order chi connectivity index (χ1) is 14.1. The van der Waals surface area contributed by atoms with Crippen LogP contribution in [0.1, 0.15) is 22.5 Å². The molecule has 30 heavy (non-hydrogen) atoms. The molecule has 3 nitrogen and oxygen atoms in total. The first-order valence-electron chi connectivity index (χ1n) is 8.88. The van der Waals surface area contributed by atoms with Crippen molar-refractivity contribution < 1.29 is 26.3 Å². The Labute approximate surface area is 168 Å². The van der Waals surface area contributed by atoms with Crippen molar-refractivity contribution in [2.75, 3.05) is 10.6 Å². The van der Waals surface area contributed by atoms with Crippen LogP contribution in [-0.2, 0) is 25.4 Å². The summed E-state index contributed by atoms with van der Waals surface area (Å²) < 4.78 is 76.7. The molecule has 3 rings (SSSR count). The summed E-state index contributed by atoms with van der Waals surface area (Å²) in [5.74, 6) is 0. The van der Waals surface area contributed by atoms with E-state index in [0.29, 0.717) is 22.8 Å². The van der Waals surface area contributed by atoms with Crippen LogP contribution in [0.4, 0.5) is 37.7 Å². The molecule has 0 aliphatic carbocycles. The van der Waals surface area contributed by atoms with Crippen molar-refractivity contribution in [1.82, 2.24) is 4.98 Å². The average molecular weight is 425 g/mol. The first kappa shape index (κ1) is 21.5. The van der Waals surface area contributed by atoms with Crippen LogP contribution >= 0.6 is 0 Å². The third kappa shape index (κ3) is 5.88. The molecule has 0 aliphatic rings. The first-order valence-corrected chi connectivity index (χ1v) is 8.88. The van der Waals surface area contributed by atoms with Crippen LogP contribution in [0.3, 0.4) is 0 Å². The van der Waals surface area contributed by atoms with Gasteiger partial charge in [-0.1, -0.05) is 18.2 Å². The van der Waals surface area contributed by atoms with E-state index in [2.05, 4.69) is 15.6 Å². The van der Waals surface area contributed by atoms with Gasteiger partial charge in [0.25, 0.3) is 0 Å². The lowest BCUT2D eigenvalue weighted by atomic mass is 10.2. The number of alkyl halides is 6. The SMILES string of the molecule is FC(F)(F)c1cccc(NCc2cccc(CNc3cccc(C(F)(F)F)c3)n2)c1. The van der Waals surface area contributed by atoms with Crippen LogP contribution in [0.15, 0.2) is 66.7 Å². The molecule has 2 N–H and O–H groups in total. The smallest absolute Gasteiger partial charge is 0.379 e. The number of benzene rings is 2. The summed E-state index contributed by atoms with van der Waals surface area (Å²) in [6.45, 7) is 0.386. The van der Waals surface area contributed by atoms with Crippen molar-refractivity contribution >= 4 is 11.4 Å². The summed E-state index contributed by atoms with van der Waals surface area (Å²) in [6.07, 6.45) is -8.85. The molecule has 0 bridgehead atoms. The fraction of sp³-hybridized carbons (Fsp3) is 0.190. The zero-order chi connectivity index (χ0) is 21.8. The Hall–Kier alpha value is -3.23. The summed E-state index contributed by atoms with van der Waals surface area (Å²) in [5.41, 5.74) is 0.267. The maximum absolute atomic E-state index is 12.8. The Kier molecular flexibility index (Phi) is 6.19. The lowest BCUT2D eigenvalue weighted by Gasteiger charge is -2.12. The molecular weight excluding hydrogens is 408 g/mol. The molecule has 0 saturated heterocycles. The molecule has 0 radical (unpaired) electrons. The van der Waals surface area contributed by atoms with E-state index in [0.717, 1.165) is 24.3 Å². The third-order valence-electron chi connectivity index (χ3n) is 4.19. The molecule has 0 aliphatic heterocycles. The van der Waals surface area contributed by atoms with Gasteiger partial charge in [0.1, 0.15) is 0 Å². The lowest BCUT2D eigenvalue weighted by Crippen LogP contribution is -2.09. The van der Waals surface area contributed by atoms with Gasteiger partial charge in [-0.2, -0.15) is 26.3 Å². The summed E-state index contributed by atoms with van der Waals surface area (Å²) in [4.78, 5) is 4.38. The Morgan fingerprint density at radius 3 is 1.40 bits per heavy atom. The predicted octanol–water partition coefficient (Wildman–Crippen LogP) is 6.34. The molecule has 3 aromatic rings. The fourth-order valence-electron chi connectivity index (χ4n) is 2.72. The second-order valence-corrected chi connectivity index (χ2v) is 6.48. The number of halogens is 6. The molecule has 9 heteroatoms. The highest BCUT2D eigenvalue weighted by atomic mass is 19.4. The van der Waals surface area contributed by atoms with Crippen molar-refractivity contribution in [2.45, 2.75) is 25.4 Å². The average Bonchev–Trinajstić information content (AvgIpc) is 2.70. The van der Waals surface area contributed by atoms with E-state index >= 15 is 0 Å². The summed E-state index contributed by atoms with van der Waals surface area (Å²) in [7, 11) is 0. The molecular formula is C21H17F6N3. The number of hydrogen-bond donors (Lipinski definition) is 2. The highest BCUT2D eigenvalue weighted by Gasteiger charge is 2.31. The van der Waals surface area contributed by atoms with Crippen LogP contribution < -0.4 is 10.6 Å². The lowest BCUT2D eigenvalue weighted by molar-refractivity contribution is -0.138. The number of anilines is 2. The topological polar surface area (TPSA) is 37.0 Å². The predicted molar refractivity (Wildman–Crippen MR) is 102 cm³/mol. The van der Waals surface area contributed by atoms with Gasteiger partial charge in [-0.05, 0) is 48.5 Å². The minimum absolute atomic E-state index is 0.193. The minimum Gasteiger partial charge on any atom is -0.379 e. The minimum atomic E-state index is -4.43. The van der Waals surface area contributed by atoms with Gasteiger partial charge in [0.15, 0.2) is 0 Å². The van der Waals surface area contributed by atoms with Crippen LogP contribution in [0.25, 0.3) is 0 Å². The van der Waals surface area contributed by atoms with Crippen molar-refractivity contribution in [2.24, 2.45) is 0 Å². The maximum Gasteiger partial charge on any atom is 0.416 e. The molecule has 0 unspecified atom stereocenters. The molecule has 0 spiro atoms. The van der Waals surface area contributed by atoms with Crippen LogP contribution in [0.5, 0.6) is 0 Å². The van der Waals surface area contributed by atoms with Crippen molar-refractivity contribution in [3.05, 3.63) is 89.2 Å². The van der Waals surface area contributed by atoms with Gasteiger partial charge >= 0.3 is 12.4 Å². The van der Waals surface area contributed by atoms with Gasteiger partial charge in [-0.3, -0.25) is 4.98 Å². The molecule has 158 valence electrons. The zero-order valence-corrected chi connectivity index (χ0v) is 15.5. The zero-order valence-electron chi connectivity index (χ0n) is 15.5. The number of nitrogens with one attached hydrogen (secondary N) is 2. The molecule has 1 heterocycles. The second-order valence-electron chi connectivity index (χ2n) is 6.48. The van der Waals surface area contributed by atoms with Crippen molar-refractivity contribution in [3.63, 3.8) is 0 Å². The van der Waals surface area contributed by atoms with Crippen LogP contribution in [0, 0.1) is 0 Å². The Balaban J connectivity index is 1.62. The largest absolute Gasteiger partial charge is 0.416 e. The Morgan fingerprint density at radius 1 is 0.600 bits per heavy atom. The third-order valence-corrected chi connectivity index (χ3v) is 4.19. The van der Waals surface area contributed by atoms with Gasteiger partial charge in [-0.25, -0.2) is 0 Å². The second kappa shape index (κ2) is 8.64. The van der Waals surface area contributed by atoms with Crippen molar-refractivity contribution in [1.29, 1.82) is 0 Å². The van der Waals surface area contributed by atoms with Crippen molar-refractivity contribution in [3.8, 4) is 0 Å². The van der Waals surface area contributed by atoms with Gasteiger partial charge in [0, 0.05) is 11.4 Å². The molecule has 0 fully saturated rings. The molecule has 0 saturated carbocycles. The van der Waals surface area contributed by atoms with Crippen LogP contribution in [0.2, 0.25) is 0 Å². The number of pyridine rings is 1. The number of hydrogen-bond acceptors (Lipinski definition) is 3. The maximum atomic E-state index is 12.8. The van der Waals surface area contributed by atoms with E-state index in [9.17, 15) is 26.3 Å². The molecule has 0 amide bonds. The van der Waals surface area contributed by atoms with Gasteiger partial charge in [0.2, 0.25) is 0 Å². The van der Waals surface area contributed by atoms with E-state index in [4.69, 9.17) is 0 Å². The van der Waals surface area contributed by atoms with E-state index in [1.807, 2.05) is 0 Å². The Bertz CT molecular complexity index is 922. The quantitative estimate of drug-likeness (QED) is 0.453. The summed E-state index contributed by atoms with van der Waals surface area (Å²) in [5, 5.41) is 5.78. The highest BCUT2D eigenvalue weighted by Crippen LogP contribution is 2.31. The van der Waals surface area contributed by atoms with E-state index in [1.54, 1.807) is 18.2 Å². The van der Waals surface area contributed by atoms with Crippen LogP contribution in [-0.4, -0.2) is 4.98 Å². The monoisotopic (exact) mass is 425 g/mol. The summed E-state index contributed by atoms with van der Waals surface area (Å²) >= 11 is 0. The number of rotatable bonds is 6. The molecule has 2 aromatic carbocycles. The standard InChI is InChI=1S/C21H17F6N3/c22-20(23,24)14-4-1-6-16(10-14)28-12-18-8-3-9-19(30-18)13-29-17-7-2-5-15(11-17)21(25,26)27/h1-11,28-29H,12-13H2. The van der Waals surface area contributed by atoms with Gasteiger partial charge in [0.05, 0.1) is 35.6 Å². The molecule has 1 aromatic heterocycles. The fourth-order valence-corrected chi connectivity index (χ4v) is 2.72. The normalized spacial score (nSPS) is 11.9. The molecule has 0 atom stereocenters. The highest BCUT2D eigenvalue weighted by molar-refractivity contribution is 5.47. The summed E-state index contributed by atoms with van der Waals surface area (Å²) in [6, 6.07) is 14.8.